The molecule has 0 unspecified atom stereocenters. The Balaban J connectivity index is 1.66. The van der Waals surface area contributed by atoms with Gasteiger partial charge < -0.3 is 0 Å². The van der Waals surface area contributed by atoms with Gasteiger partial charge in [-0.15, -0.1) is 11.3 Å². The lowest BCUT2D eigenvalue weighted by atomic mass is 10.1. The molecule has 2 aromatic carbocycles. The number of nitriles is 1. The smallest absolute Gasteiger partial charge is 0.135 e. The summed E-state index contributed by atoms with van der Waals surface area (Å²) in [6.07, 6.45) is 7.29. The maximum atomic E-state index is 9.86. The number of thiazole rings is 1. The largest absolute Gasteiger partial charge is 0.264 e. The Labute approximate surface area is 177 Å². The Morgan fingerprint density at radius 2 is 1.83 bits per heavy atom. The topological polar surface area (TPSA) is 67.4 Å². The van der Waals surface area contributed by atoms with Crippen LogP contribution in [-0.4, -0.2) is 19.7 Å². The predicted octanol–water partition coefficient (Wildman–Crippen LogP) is 5.61. The van der Waals surface area contributed by atoms with Crippen molar-refractivity contribution in [2.45, 2.75) is 0 Å². The fraction of sp³-hybridized carbons (Fsp3) is 0. The molecule has 5 aromatic rings. The van der Waals surface area contributed by atoms with E-state index >= 15 is 0 Å². The number of pyridine rings is 1. The SMILES string of the molecule is N#C/C(=C/c1cn(-c2ccccc2)nc1-c1cccnc1)c1nc2ccccc2s1. The fourth-order valence-corrected chi connectivity index (χ4v) is 4.15. The van der Waals surface area contributed by atoms with E-state index in [0.717, 1.165) is 32.7 Å². The van der Waals surface area contributed by atoms with E-state index in [2.05, 4.69) is 16.0 Å². The Morgan fingerprint density at radius 1 is 1.00 bits per heavy atom. The van der Waals surface area contributed by atoms with Crippen LogP contribution in [0.25, 0.3) is 38.8 Å². The molecule has 3 aromatic heterocycles. The summed E-state index contributed by atoms with van der Waals surface area (Å²) in [5.74, 6) is 0. The summed E-state index contributed by atoms with van der Waals surface area (Å²) >= 11 is 1.51. The van der Waals surface area contributed by atoms with E-state index in [4.69, 9.17) is 5.10 Å². The van der Waals surface area contributed by atoms with Crippen molar-refractivity contribution >= 4 is 33.2 Å². The maximum Gasteiger partial charge on any atom is 0.135 e. The van der Waals surface area contributed by atoms with Crippen LogP contribution in [0.3, 0.4) is 0 Å². The highest BCUT2D eigenvalue weighted by Crippen LogP contribution is 2.31. The first-order valence-corrected chi connectivity index (χ1v) is 10.2. The summed E-state index contributed by atoms with van der Waals surface area (Å²) in [7, 11) is 0. The number of allylic oxidation sites excluding steroid dienone is 1. The summed E-state index contributed by atoms with van der Waals surface area (Å²) in [6.45, 7) is 0. The lowest BCUT2D eigenvalue weighted by molar-refractivity contribution is 0.884. The lowest BCUT2D eigenvalue weighted by Crippen LogP contribution is -1.94. The van der Waals surface area contributed by atoms with Crippen LogP contribution in [0.4, 0.5) is 0 Å². The van der Waals surface area contributed by atoms with Gasteiger partial charge in [-0.25, -0.2) is 9.67 Å². The summed E-state index contributed by atoms with van der Waals surface area (Å²) in [5.41, 5.74) is 4.84. The Morgan fingerprint density at radius 3 is 2.60 bits per heavy atom. The molecule has 5 nitrogen and oxygen atoms in total. The Bertz CT molecular complexity index is 1360. The van der Waals surface area contributed by atoms with Crippen molar-refractivity contribution in [1.82, 2.24) is 19.7 Å². The molecule has 6 heteroatoms. The van der Waals surface area contributed by atoms with Crippen molar-refractivity contribution in [2.24, 2.45) is 0 Å². The minimum Gasteiger partial charge on any atom is -0.264 e. The van der Waals surface area contributed by atoms with E-state index < -0.39 is 0 Å². The van der Waals surface area contributed by atoms with Gasteiger partial charge in [0.25, 0.3) is 0 Å². The van der Waals surface area contributed by atoms with Crippen molar-refractivity contribution in [1.29, 1.82) is 5.26 Å². The van der Waals surface area contributed by atoms with Crippen LogP contribution < -0.4 is 0 Å². The monoisotopic (exact) mass is 405 g/mol. The van der Waals surface area contributed by atoms with Gasteiger partial charge in [0.15, 0.2) is 0 Å². The highest BCUT2D eigenvalue weighted by Gasteiger charge is 2.14. The average Bonchev–Trinajstić information content (AvgIpc) is 3.43. The molecular formula is C24H15N5S. The molecule has 0 aliphatic carbocycles. The lowest BCUT2D eigenvalue weighted by Gasteiger charge is -2.00. The van der Waals surface area contributed by atoms with Crippen LogP contribution in [0.5, 0.6) is 0 Å². The van der Waals surface area contributed by atoms with Gasteiger partial charge in [0.2, 0.25) is 0 Å². The van der Waals surface area contributed by atoms with Crippen molar-refractivity contribution < 1.29 is 0 Å². The number of para-hydroxylation sites is 2. The molecule has 5 rings (SSSR count). The van der Waals surface area contributed by atoms with Crippen LogP contribution in [0.15, 0.2) is 85.3 Å². The van der Waals surface area contributed by atoms with Crippen LogP contribution in [0.2, 0.25) is 0 Å². The number of hydrogen-bond acceptors (Lipinski definition) is 5. The minimum absolute atomic E-state index is 0.508. The van der Waals surface area contributed by atoms with Crippen molar-refractivity contribution in [3.05, 3.63) is 95.9 Å². The molecule has 0 saturated heterocycles. The molecule has 0 N–H and O–H groups in total. The summed E-state index contributed by atoms with van der Waals surface area (Å²) in [6, 6.07) is 23.9. The van der Waals surface area contributed by atoms with Crippen LogP contribution >= 0.6 is 11.3 Å². The molecule has 0 atom stereocenters. The molecule has 3 heterocycles. The van der Waals surface area contributed by atoms with Gasteiger partial charge in [-0.05, 0) is 42.5 Å². The van der Waals surface area contributed by atoms with E-state index in [9.17, 15) is 5.26 Å². The third-order valence-corrected chi connectivity index (χ3v) is 5.71. The van der Waals surface area contributed by atoms with Crippen molar-refractivity contribution in [3.8, 4) is 23.0 Å². The van der Waals surface area contributed by atoms with E-state index in [1.165, 1.54) is 11.3 Å². The first-order chi connectivity index (χ1) is 14.8. The second-order valence-electron chi connectivity index (χ2n) is 6.61. The molecule has 0 amide bonds. The van der Waals surface area contributed by atoms with Crippen molar-refractivity contribution in [2.75, 3.05) is 0 Å². The fourth-order valence-electron chi connectivity index (χ4n) is 3.22. The number of rotatable bonds is 4. The molecule has 0 saturated carbocycles. The molecule has 0 bridgehead atoms. The van der Waals surface area contributed by atoms with Crippen molar-refractivity contribution in [3.63, 3.8) is 0 Å². The Kier molecular flexibility index (Phi) is 4.64. The second kappa shape index (κ2) is 7.74. The molecular weight excluding hydrogens is 390 g/mol. The molecule has 0 spiro atoms. The molecule has 0 aliphatic heterocycles. The number of aromatic nitrogens is 4. The zero-order chi connectivity index (χ0) is 20.3. The molecule has 0 radical (unpaired) electrons. The van der Waals surface area contributed by atoms with Gasteiger partial charge >= 0.3 is 0 Å². The molecule has 0 fully saturated rings. The zero-order valence-electron chi connectivity index (χ0n) is 15.8. The normalized spacial score (nSPS) is 11.5. The Hall–Kier alpha value is -4.08. The van der Waals surface area contributed by atoms with Gasteiger partial charge in [0.1, 0.15) is 16.8 Å². The average molecular weight is 405 g/mol. The standard InChI is InChI=1S/C24H15N5S/c25-14-18(24-27-21-10-4-5-11-22(21)30-24)13-19-16-29(20-8-2-1-3-9-20)28-23(19)17-7-6-12-26-15-17/h1-13,15-16H/b18-13-. The van der Waals surface area contributed by atoms with Gasteiger partial charge in [0, 0.05) is 29.7 Å². The summed E-state index contributed by atoms with van der Waals surface area (Å²) in [5, 5.41) is 15.3. The summed E-state index contributed by atoms with van der Waals surface area (Å²) in [4.78, 5) is 8.86. The van der Waals surface area contributed by atoms with Crippen LogP contribution in [-0.2, 0) is 0 Å². The minimum atomic E-state index is 0.508. The van der Waals surface area contributed by atoms with E-state index in [1.807, 2.05) is 83.7 Å². The number of benzene rings is 2. The van der Waals surface area contributed by atoms with E-state index in [1.54, 1.807) is 12.4 Å². The van der Waals surface area contributed by atoms with Gasteiger partial charge in [0.05, 0.1) is 21.5 Å². The predicted molar refractivity (Wildman–Crippen MR) is 120 cm³/mol. The van der Waals surface area contributed by atoms with Crippen LogP contribution in [0, 0.1) is 11.3 Å². The second-order valence-corrected chi connectivity index (χ2v) is 7.64. The van der Waals surface area contributed by atoms with E-state index in [0.29, 0.717) is 10.6 Å². The third kappa shape index (κ3) is 3.39. The molecule has 30 heavy (non-hydrogen) atoms. The number of nitrogens with zero attached hydrogens (tertiary/aromatic N) is 5. The first-order valence-electron chi connectivity index (χ1n) is 9.35. The number of fused-ring (bicyclic) bond motifs is 1. The highest BCUT2D eigenvalue weighted by atomic mass is 32.1. The molecule has 0 aliphatic rings. The molecule has 142 valence electrons. The highest BCUT2D eigenvalue weighted by molar-refractivity contribution is 7.19. The quantitative estimate of drug-likeness (QED) is 0.365. The van der Waals surface area contributed by atoms with Gasteiger partial charge in [-0.3, -0.25) is 4.98 Å². The number of hydrogen-bond donors (Lipinski definition) is 0. The first kappa shape index (κ1) is 18.0. The zero-order valence-corrected chi connectivity index (χ0v) is 16.6. The van der Waals surface area contributed by atoms with Crippen LogP contribution in [0.1, 0.15) is 10.6 Å². The van der Waals surface area contributed by atoms with E-state index in [-0.39, 0.29) is 0 Å². The van der Waals surface area contributed by atoms with Gasteiger partial charge in [-0.2, -0.15) is 10.4 Å². The maximum absolute atomic E-state index is 9.86. The van der Waals surface area contributed by atoms with Gasteiger partial charge in [-0.1, -0.05) is 30.3 Å². The summed E-state index contributed by atoms with van der Waals surface area (Å²) < 4.78 is 2.88. The third-order valence-electron chi connectivity index (χ3n) is 4.64.